The second kappa shape index (κ2) is 10.3. The molecule has 6 rings (SSSR count). The van der Waals surface area contributed by atoms with Crippen LogP contribution in [-0.4, -0.2) is 58.0 Å². The van der Waals surface area contributed by atoms with Crippen LogP contribution in [0.15, 0.2) is 34.8 Å². The van der Waals surface area contributed by atoms with Crippen LogP contribution in [-0.2, 0) is 24.2 Å². The lowest BCUT2D eigenvalue weighted by Crippen LogP contribution is -2.44. The molecule has 0 saturated carbocycles. The predicted octanol–water partition coefficient (Wildman–Crippen LogP) is 5.91. The minimum atomic E-state index is -0.598. The van der Waals surface area contributed by atoms with Gasteiger partial charge in [0.1, 0.15) is 5.75 Å². The van der Waals surface area contributed by atoms with Gasteiger partial charge in [-0.3, -0.25) is 4.90 Å². The maximum absolute atomic E-state index is 13.0. The summed E-state index contributed by atoms with van der Waals surface area (Å²) in [6, 6.07) is 11.0. The summed E-state index contributed by atoms with van der Waals surface area (Å²) < 4.78 is 16.3. The molecular weight excluding hydrogens is 558 g/mol. The van der Waals surface area contributed by atoms with Gasteiger partial charge in [-0.1, -0.05) is 11.6 Å². The SMILES string of the molecule is CCOC(=O)c1c(C)n(C[C@H](O)CN2CCn3c4c(c5cc(C)ccc53)CCC[C@@H]42)c2cc(Br)c(OC)cc12. The predicted molar refractivity (Wildman–Crippen MR) is 157 cm³/mol. The van der Waals surface area contributed by atoms with Crippen molar-refractivity contribution in [3.63, 3.8) is 0 Å². The van der Waals surface area contributed by atoms with E-state index in [-0.39, 0.29) is 5.97 Å². The number of rotatable bonds is 7. The van der Waals surface area contributed by atoms with Gasteiger partial charge in [0.25, 0.3) is 0 Å². The van der Waals surface area contributed by atoms with Crippen LogP contribution >= 0.6 is 15.9 Å². The number of benzene rings is 2. The van der Waals surface area contributed by atoms with Gasteiger partial charge in [-0.25, -0.2) is 4.79 Å². The maximum atomic E-state index is 13.0. The van der Waals surface area contributed by atoms with E-state index in [9.17, 15) is 9.90 Å². The highest BCUT2D eigenvalue weighted by molar-refractivity contribution is 9.10. The molecule has 1 N–H and O–H groups in total. The van der Waals surface area contributed by atoms with Crippen LogP contribution < -0.4 is 4.74 Å². The van der Waals surface area contributed by atoms with Crippen molar-refractivity contribution in [1.29, 1.82) is 0 Å². The number of aromatic nitrogens is 2. The fourth-order valence-corrected chi connectivity index (χ4v) is 7.37. The van der Waals surface area contributed by atoms with Crippen molar-refractivity contribution in [2.75, 3.05) is 26.8 Å². The van der Waals surface area contributed by atoms with Gasteiger partial charge in [0, 0.05) is 47.3 Å². The number of halogens is 1. The van der Waals surface area contributed by atoms with Crippen molar-refractivity contribution in [2.45, 2.75) is 65.3 Å². The molecule has 39 heavy (non-hydrogen) atoms. The number of ether oxygens (including phenoxy) is 2. The fourth-order valence-electron chi connectivity index (χ4n) is 6.88. The van der Waals surface area contributed by atoms with E-state index in [1.807, 2.05) is 30.5 Å². The smallest absolute Gasteiger partial charge is 0.340 e. The van der Waals surface area contributed by atoms with Crippen LogP contribution in [0.1, 0.15) is 58.7 Å². The Hall–Kier alpha value is -2.81. The van der Waals surface area contributed by atoms with Gasteiger partial charge in [0.15, 0.2) is 0 Å². The third-order valence-corrected chi connectivity index (χ3v) is 9.17. The van der Waals surface area contributed by atoms with Crippen molar-refractivity contribution >= 4 is 43.7 Å². The Morgan fingerprint density at radius 3 is 2.72 bits per heavy atom. The van der Waals surface area contributed by atoms with Gasteiger partial charge in [0.2, 0.25) is 0 Å². The van der Waals surface area contributed by atoms with Gasteiger partial charge >= 0.3 is 5.97 Å². The standard InChI is InChI=1S/C31H36BrN3O4/c1-5-39-31(37)29-19(3)35(27-15-24(32)28(38-4)14-23(27)29)17-20(36)16-33-11-12-34-25-10-9-18(2)13-22(25)21-7-6-8-26(33)30(21)34/h9-10,13-15,20,26,36H,5-8,11-12,16-17H2,1-4H3/t20-,26+/m1/s1. The first-order valence-electron chi connectivity index (χ1n) is 13.9. The number of β-amino-alcohol motifs (C(OH)–C–C–N with tert-alkyl or cyclic N) is 1. The second-order valence-corrected chi connectivity index (χ2v) is 11.7. The average molecular weight is 595 g/mol. The molecule has 7 nitrogen and oxygen atoms in total. The molecule has 0 unspecified atom stereocenters. The lowest BCUT2D eigenvalue weighted by atomic mass is 9.89. The molecule has 2 aromatic carbocycles. The van der Waals surface area contributed by atoms with Crippen LogP contribution in [0.3, 0.4) is 0 Å². The van der Waals surface area contributed by atoms with E-state index in [1.54, 1.807) is 7.11 Å². The van der Waals surface area contributed by atoms with Gasteiger partial charge < -0.3 is 23.7 Å². The van der Waals surface area contributed by atoms with E-state index in [1.165, 1.54) is 27.7 Å². The largest absolute Gasteiger partial charge is 0.496 e. The molecule has 0 amide bonds. The molecule has 0 radical (unpaired) electrons. The number of methoxy groups -OCH3 is 1. The Kier molecular flexibility index (Phi) is 6.98. The van der Waals surface area contributed by atoms with Crippen molar-refractivity contribution < 1.29 is 19.4 Å². The summed E-state index contributed by atoms with van der Waals surface area (Å²) >= 11 is 3.60. The number of aliphatic hydroxyl groups is 1. The number of nitrogens with zero attached hydrogens (tertiary/aromatic N) is 3. The highest BCUT2D eigenvalue weighted by Gasteiger charge is 2.35. The van der Waals surface area contributed by atoms with Crippen LogP contribution in [0.4, 0.5) is 0 Å². The summed E-state index contributed by atoms with van der Waals surface area (Å²) in [4.78, 5) is 15.4. The molecule has 0 fully saturated rings. The van der Waals surface area contributed by atoms with Crippen molar-refractivity contribution in [1.82, 2.24) is 14.0 Å². The molecule has 2 aliphatic rings. The van der Waals surface area contributed by atoms with Crippen LogP contribution in [0, 0.1) is 13.8 Å². The summed E-state index contributed by atoms with van der Waals surface area (Å²) in [6.45, 7) is 9.01. The van der Waals surface area contributed by atoms with E-state index in [4.69, 9.17) is 9.47 Å². The minimum Gasteiger partial charge on any atom is -0.496 e. The summed E-state index contributed by atoms with van der Waals surface area (Å²) in [7, 11) is 1.61. The van der Waals surface area contributed by atoms with Crippen molar-refractivity contribution in [3.8, 4) is 5.75 Å². The minimum absolute atomic E-state index is 0.301. The second-order valence-electron chi connectivity index (χ2n) is 10.9. The van der Waals surface area contributed by atoms with E-state index >= 15 is 0 Å². The molecule has 3 heterocycles. The molecule has 1 aliphatic carbocycles. The molecule has 4 aromatic rings. The Morgan fingerprint density at radius 1 is 1.13 bits per heavy atom. The van der Waals surface area contributed by atoms with E-state index in [0.717, 1.165) is 53.4 Å². The van der Waals surface area contributed by atoms with Gasteiger partial charge in [-0.05, 0) is 85.8 Å². The van der Waals surface area contributed by atoms with Crippen molar-refractivity contribution in [3.05, 3.63) is 62.9 Å². The Morgan fingerprint density at radius 2 is 1.95 bits per heavy atom. The molecule has 206 valence electrons. The molecule has 1 aliphatic heterocycles. The van der Waals surface area contributed by atoms with Gasteiger partial charge in [-0.2, -0.15) is 0 Å². The van der Waals surface area contributed by atoms with E-state index in [0.29, 0.717) is 37.1 Å². The number of hydrogen-bond acceptors (Lipinski definition) is 5. The summed E-state index contributed by atoms with van der Waals surface area (Å²) in [5.74, 6) is 0.296. The van der Waals surface area contributed by atoms with E-state index in [2.05, 4.69) is 50.5 Å². The number of esters is 1. The first-order valence-corrected chi connectivity index (χ1v) is 14.7. The highest BCUT2D eigenvalue weighted by atomic mass is 79.9. The normalized spacial score (nSPS) is 17.9. The molecule has 2 atom stereocenters. The molecular formula is C31H36BrN3O4. The Balaban J connectivity index is 1.31. The van der Waals surface area contributed by atoms with E-state index < -0.39 is 6.10 Å². The number of fused-ring (bicyclic) bond motifs is 4. The lowest BCUT2D eigenvalue weighted by Gasteiger charge is -2.40. The molecule has 2 aromatic heterocycles. The topological polar surface area (TPSA) is 68.9 Å². The summed E-state index contributed by atoms with van der Waals surface area (Å²) in [5, 5.41) is 13.6. The monoisotopic (exact) mass is 593 g/mol. The molecule has 0 saturated heterocycles. The number of aliphatic hydroxyl groups excluding tert-OH is 1. The zero-order valence-corrected chi connectivity index (χ0v) is 24.7. The average Bonchev–Trinajstić information content (AvgIpc) is 3.37. The van der Waals surface area contributed by atoms with Crippen LogP contribution in [0.5, 0.6) is 5.75 Å². The first kappa shape index (κ1) is 26.4. The van der Waals surface area contributed by atoms with Gasteiger partial charge in [-0.15, -0.1) is 0 Å². The first-order chi connectivity index (χ1) is 18.8. The molecule has 8 heteroatoms. The van der Waals surface area contributed by atoms with Crippen LogP contribution in [0.25, 0.3) is 21.8 Å². The zero-order chi connectivity index (χ0) is 27.4. The Labute approximate surface area is 237 Å². The maximum Gasteiger partial charge on any atom is 0.340 e. The number of carbonyl (C=O) groups excluding carboxylic acids is 1. The molecule has 0 spiro atoms. The van der Waals surface area contributed by atoms with Crippen LogP contribution in [0.2, 0.25) is 0 Å². The third kappa shape index (κ3) is 4.37. The Bertz CT molecular complexity index is 1590. The number of hydrogen-bond donors (Lipinski definition) is 1. The lowest BCUT2D eigenvalue weighted by molar-refractivity contribution is 0.0519. The zero-order valence-electron chi connectivity index (χ0n) is 23.1. The number of aryl methyl sites for hydroxylation is 2. The molecule has 0 bridgehead atoms. The third-order valence-electron chi connectivity index (χ3n) is 8.55. The van der Waals surface area contributed by atoms with Crippen molar-refractivity contribution in [2.24, 2.45) is 0 Å². The fraction of sp³-hybridized carbons (Fsp3) is 0.452. The number of carbonyl (C=O) groups is 1. The van der Waals surface area contributed by atoms with Gasteiger partial charge in [0.05, 0.1) is 48.0 Å². The summed E-state index contributed by atoms with van der Waals surface area (Å²) in [5.41, 5.74) is 7.78. The summed E-state index contributed by atoms with van der Waals surface area (Å²) in [6.07, 6.45) is 2.80. The quantitative estimate of drug-likeness (QED) is 0.270. The highest BCUT2D eigenvalue weighted by Crippen LogP contribution is 2.43.